The van der Waals surface area contributed by atoms with Gasteiger partial charge in [0.05, 0.1) is 24.8 Å². The Bertz CT molecular complexity index is 799. The van der Waals surface area contributed by atoms with Crippen LogP contribution in [0, 0.1) is 5.41 Å². The first-order valence-corrected chi connectivity index (χ1v) is 8.62. The number of nitrogens with one attached hydrogen (secondary N) is 1. The summed E-state index contributed by atoms with van der Waals surface area (Å²) < 4.78 is 6.81. The fourth-order valence-electron chi connectivity index (χ4n) is 3.85. The lowest BCUT2D eigenvalue weighted by Crippen LogP contribution is -2.38. The van der Waals surface area contributed by atoms with Crippen LogP contribution in [-0.4, -0.2) is 28.6 Å². The number of dihydropyridines is 1. The molecule has 0 saturated heterocycles. The van der Waals surface area contributed by atoms with E-state index in [2.05, 4.69) is 24.3 Å². The molecule has 2 heterocycles. The number of aromatic nitrogens is 2. The minimum atomic E-state index is -0.424. The summed E-state index contributed by atoms with van der Waals surface area (Å²) in [5.74, 6) is -0.752. The quantitative estimate of drug-likeness (QED) is 0.854. The van der Waals surface area contributed by atoms with Crippen molar-refractivity contribution in [2.24, 2.45) is 5.41 Å². The second-order valence-corrected chi connectivity index (χ2v) is 7.55. The van der Waals surface area contributed by atoms with Crippen molar-refractivity contribution >= 4 is 11.8 Å². The van der Waals surface area contributed by atoms with E-state index in [1.807, 2.05) is 20.0 Å². The molecule has 1 aromatic rings. The van der Waals surface area contributed by atoms with Gasteiger partial charge in [-0.2, -0.15) is 5.10 Å². The zero-order chi connectivity index (χ0) is 18.4. The van der Waals surface area contributed by atoms with Crippen LogP contribution in [0.3, 0.4) is 0 Å². The predicted octanol–water partition coefficient (Wildman–Crippen LogP) is 2.68. The second-order valence-electron chi connectivity index (χ2n) is 7.55. The van der Waals surface area contributed by atoms with Crippen molar-refractivity contribution < 1.29 is 14.3 Å². The van der Waals surface area contributed by atoms with Crippen molar-refractivity contribution in [2.75, 3.05) is 7.11 Å². The number of carbonyl (C=O) groups is 2. The average Bonchev–Trinajstić information content (AvgIpc) is 3.00. The van der Waals surface area contributed by atoms with Crippen LogP contribution in [0.15, 0.2) is 34.9 Å². The first-order chi connectivity index (χ1) is 11.8. The van der Waals surface area contributed by atoms with Crippen molar-refractivity contribution in [3.05, 3.63) is 40.5 Å². The highest BCUT2D eigenvalue weighted by Gasteiger charge is 2.43. The lowest BCUT2D eigenvalue weighted by atomic mass is 9.69. The Morgan fingerprint density at radius 1 is 1.44 bits per heavy atom. The van der Waals surface area contributed by atoms with Crippen molar-refractivity contribution in [3.63, 3.8) is 0 Å². The van der Waals surface area contributed by atoms with Gasteiger partial charge < -0.3 is 10.1 Å². The molecular formula is C19H25N3O3. The van der Waals surface area contributed by atoms with Gasteiger partial charge in [0, 0.05) is 41.7 Å². The molecule has 3 rings (SSSR count). The molecule has 6 heteroatoms. The SMILES string of the molecule is CCn1cc(C2C(C(=O)OC)=C(C)NC3=C2C(=O)CC(C)(C)C3)cn1. The van der Waals surface area contributed by atoms with Crippen LogP contribution in [0.2, 0.25) is 0 Å². The van der Waals surface area contributed by atoms with E-state index in [4.69, 9.17) is 4.74 Å². The molecule has 0 amide bonds. The van der Waals surface area contributed by atoms with E-state index in [9.17, 15) is 9.59 Å². The first kappa shape index (κ1) is 17.5. The number of carbonyl (C=O) groups excluding carboxylic acids is 2. The van der Waals surface area contributed by atoms with E-state index in [-0.39, 0.29) is 11.2 Å². The van der Waals surface area contributed by atoms with E-state index in [1.54, 1.807) is 10.9 Å². The maximum absolute atomic E-state index is 13.0. The van der Waals surface area contributed by atoms with Crippen LogP contribution >= 0.6 is 0 Å². The summed E-state index contributed by atoms with van der Waals surface area (Å²) in [6.07, 6.45) is 4.90. The maximum Gasteiger partial charge on any atom is 0.336 e. The molecule has 1 aliphatic heterocycles. The molecule has 1 aromatic heterocycles. The highest BCUT2D eigenvalue weighted by atomic mass is 16.5. The minimum absolute atomic E-state index is 0.0851. The van der Waals surface area contributed by atoms with Gasteiger partial charge in [-0.3, -0.25) is 9.48 Å². The lowest BCUT2D eigenvalue weighted by Gasteiger charge is -2.39. The Morgan fingerprint density at radius 2 is 2.16 bits per heavy atom. The standard InChI is InChI=1S/C19H25N3O3/c1-6-22-10-12(9-20-22)16-15(18(24)25-5)11(2)21-13-7-19(3,4)8-14(23)17(13)16/h9-10,16,21H,6-8H2,1-5H3. The van der Waals surface area contributed by atoms with Crippen molar-refractivity contribution in [3.8, 4) is 0 Å². The van der Waals surface area contributed by atoms with Crippen molar-refractivity contribution in [1.29, 1.82) is 0 Å². The molecule has 1 atom stereocenters. The van der Waals surface area contributed by atoms with Crippen LogP contribution in [-0.2, 0) is 20.9 Å². The summed E-state index contributed by atoms with van der Waals surface area (Å²) in [6, 6.07) is 0. The summed E-state index contributed by atoms with van der Waals surface area (Å²) in [6.45, 7) is 8.78. The fraction of sp³-hybridized carbons (Fsp3) is 0.526. The number of Topliss-reactive ketones (excluding diaryl/α,β-unsaturated/α-hetero) is 1. The third-order valence-corrected chi connectivity index (χ3v) is 4.96. The molecule has 0 spiro atoms. The molecular weight excluding hydrogens is 318 g/mol. The number of allylic oxidation sites excluding steroid dienone is 3. The Hall–Kier alpha value is -2.37. The zero-order valence-corrected chi connectivity index (χ0v) is 15.5. The molecule has 1 aliphatic carbocycles. The normalized spacial score (nSPS) is 22.6. The summed E-state index contributed by atoms with van der Waals surface area (Å²) in [7, 11) is 1.37. The van der Waals surface area contributed by atoms with Crippen LogP contribution in [0.1, 0.15) is 52.0 Å². The van der Waals surface area contributed by atoms with E-state index in [0.717, 1.165) is 29.9 Å². The number of ether oxygens (including phenoxy) is 1. The number of ketones is 1. The molecule has 6 nitrogen and oxygen atoms in total. The maximum atomic E-state index is 13.0. The number of esters is 1. The molecule has 0 fully saturated rings. The third-order valence-electron chi connectivity index (χ3n) is 4.96. The van der Waals surface area contributed by atoms with Gasteiger partial charge in [0.25, 0.3) is 0 Å². The summed E-state index contributed by atoms with van der Waals surface area (Å²) in [5.41, 5.74) is 3.59. The van der Waals surface area contributed by atoms with Crippen molar-refractivity contribution in [2.45, 2.75) is 53.0 Å². The molecule has 1 N–H and O–H groups in total. The van der Waals surface area contributed by atoms with E-state index < -0.39 is 11.9 Å². The molecule has 1 unspecified atom stereocenters. The predicted molar refractivity (Wildman–Crippen MR) is 93.5 cm³/mol. The molecule has 0 radical (unpaired) electrons. The number of aryl methyl sites for hydroxylation is 1. The average molecular weight is 343 g/mol. The monoisotopic (exact) mass is 343 g/mol. The first-order valence-electron chi connectivity index (χ1n) is 8.62. The smallest absolute Gasteiger partial charge is 0.336 e. The van der Waals surface area contributed by atoms with Crippen LogP contribution < -0.4 is 5.32 Å². The Balaban J connectivity index is 2.17. The largest absolute Gasteiger partial charge is 0.466 e. The topological polar surface area (TPSA) is 73.2 Å². The summed E-state index contributed by atoms with van der Waals surface area (Å²) in [5, 5.41) is 7.63. The summed E-state index contributed by atoms with van der Waals surface area (Å²) in [4.78, 5) is 25.4. The fourth-order valence-corrected chi connectivity index (χ4v) is 3.85. The molecule has 0 saturated carbocycles. The van der Waals surface area contributed by atoms with Crippen molar-refractivity contribution in [1.82, 2.24) is 15.1 Å². The zero-order valence-electron chi connectivity index (χ0n) is 15.5. The number of hydrogen-bond acceptors (Lipinski definition) is 5. The molecule has 0 aromatic carbocycles. The van der Waals surface area contributed by atoms with Crippen LogP contribution in [0.5, 0.6) is 0 Å². The number of hydrogen-bond donors (Lipinski definition) is 1. The van der Waals surface area contributed by atoms with Gasteiger partial charge in [-0.25, -0.2) is 4.79 Å². The molecule has 134 valence electrons. The van der Waals surface area contributed by atoms with Gasteiger partial charge in [0.15, 0.2) is 5.78 Å². The van der Waals surface area contributed by atoms with Gasteiger partial charge in [-0.15, -0.1) is 0 Å². The van der Waals surface area contributed by atoms with Gasteiger partial charge >= 0.3 is 5.97 Å². The van der Waals surface area contributed by atoms with E-state index >= 15 is 0 Å². The lowest BCUT2D eigenvalue weighted by molar-refractivity contribution is -0.136. The second kappa shape index (κ2) is 6.17. The summed E-state index contributed by atoms with van der Waals surface area (Å²) >= 11 is 0. The van der Waals surface area contributed by atoms with Gasteiger partial charge in [0.1, 0.15) is 0 Å². The van der Waals surface area contributed by atoms with Crippen LogP contribution in [0.4, 0.5) is 0 Å². The van der Waals surface area contributed by atoms with E-state index in [1.165, 1.54) is 7.11 Å². The number of rotatable bonds is 3. The van der Waals surface area contributed by atoms with Gasteiger partial charge in [-0.1, -0.05) is 13.8 Å². The Labute approximate surface area is 147 Å². The van der Waals surface area contributed by atoms with Crippen LogP contribution in [0.25, 0.3) is 0 Å². The molecule has 25 heavy (non-hydrogen) atoms. The number of nitrogens with zero attached hydrogens (tertiary/aromatic N) is 2. The highest BCUT2D eigenvalue weighted by Crippen LogP contribution is 2.46. The minimum Gasteiger partial charge on any atom is -0.466 e. The van der Waals surface area contributed by atoms with E-state index in [0.29, 0.717) is 17.6 Å². The van der Waals surface area contributed by atoms with Gasteiger partial charge in [0.2, 0.25) is 0 Å². The van der Waals surface area contributed by atoms with Gasteiger partial charge in [-0.05, 0) is 25.7 Å². The number of methoxy groups -OCH3 is 1. The third kappa shape index (κ3) is 3.01. The molecule has 2 aliphatic rings. The highest BCUT2D eigenvalue weighted by molar-refractivity contribution is 6.04. The Morgan fingerprint density at radius 3 is 2.76 bits per heavy atom. The molecule has 0 bridgehead atoms. The Kier molecular flexibility index (Phi) is 4.31.